The molecule has 2 amide bonds. The van der Waals surface area contributed by atoms with Gasteiger partial charge in [0.05, 0.1) is 26.6 Å². The molecule has 0 aliphatic carbocycles. The van der Waals surface area contributed by atoms with Crippen LogP contribution < -0.4 is 10.5 Å². The molecule has 2 aromatic heterocycles. The van der Waals surface area contributed by atoms with E-state index in [2.05, 4.69) is 9.88 Å². The first kappa shape index (κ1) is 24.1. The number of benzene rings is 1. The van der Waals surface area contributed by atoms with Gasteiger partial charge in [-0.25, -0.2) is 4.98 Å². The van der Waals surface area contributed by atoms with Crippen molar-refractivity contribution in [3.05, 3.63) is 55.4 Å². The number of rotatable bonds is 4. The molecule has 5 rings (SSSR count). The summed E-state index contributed by atoms with van der Waals surface area (Å²) in [6.45, 7) is 5.65. The molecular formula is C24H25Cl2N5O3S. The Morgan fingerprint density at radius 1 is 1.00 bits per heavy atom. The van der Waals surface area contributed by atoms with Crippen LogP contribution in [0.15, 0.2) is 29.3 Å². The predicted octanol–water partition coefficient (Wildman–Crippen LogP) is 3.66. The van der Waals surface area contributed by atoms with Crippen molar-refractivity contribution in [2.45, 2.75) is 26.3 Å². The highest BCUT2D eigenvalue weighted by Crippen LogP contribution is 2.30. The smallest absolute Gasteiger partial charge is 0.264 e. The van der Waals surface area contributed by atoms with Crippen molar-refractivity contribution in [2.75, 3.05) is 44.2 Å². The first-order valence-electron chi connectivity index (χ1n) is 11.6. The molecule has 0 spiro atoms. The molecule has 0 atom stereocenters. The van der Waals surface area contributed by atoms with E-state index in [0.29, 0.717) is 56.9 Å². The van der Waals surface area contributed by atoms with Gasteiger partial charge >= 0.3 is 0 Å². The zero-order valence-corrected chi connectivity index (χ0v) is 21.6. The van der Waals surface area contributed by atoms with E-state index in [4.69, 9.17) is 23.2 Å². The Morgan fingerprint density at radius 2 is 1.71 bits per heavy atom. The third kappa shape index (κ3) is 4.64. The summed E-state index contributed by atoms with van der Waals surface area (Å²) in [6, 6.07) is 5.53. The summed E-state index contributed by atoms with van der Waals surface area (Å²) < 4.78 is 1.35. The fraction of sp³-hybridized carbons (Fsp3) is 0.417. The van der Waals surface area contributed by atoms with Crippen LogP contribution in [0.3, 0.4) is 0 Å². The zero-order valence-electron chi connectivity index (χ0n) is 19.3. The highest BCUT2D eigenvalue weighted by atomic mass is 35.5. The number of carbonyl (C=O) groups is 2. The second-order valence-electron chi connectivity index (χ2n) is 8.88. The van der Waals surface area contributed by atoms with Crippen LogP contribution >= 0.6 is 34.5 Å². The molecule has 3 aromatic rings. The van der Waals surface area contributed by atoms with Crippen LogP contribution in [-0.4, -0.2) is 70.4 Å². The number of thiophene rings is 1. The molecule has 8 nitrogen and oxygen atoms in total. The summed E-state index contributed by atoms with van der Waals surface area (Å²) >= 11 is 13.4. The minimum absolute atomic E-state index is 0.0307. The van der Waals surface area contributed by atoms with E-state index in [1.807, 2.05) is 12.1 Å². The Bertz CT molecular complexity index is 1360. The molecule has 4 heterocycles. The average molecular weight is 534 g/mol. The Kier molecular flexibility index (Phi) is 6.74. The number of nitrogens with zero attached hydrogens (tertiary/aromatic N) is 5. The van der Waals surface area contributed by atoms with Crippen molar-refractivity contribution in [2.24, 2.45) is 0 Å². The Labute approximate surface area is 216 Å². The van der Waals surface area contributed by atoms with Gasteiger partial charge in [0.15, 0.2) is 0 Å². The molecule has 0 radical (unpaired) electrons. The molecule has 2 saturated heterocycles. The van der Waals surface area contributed by atoms with E-state index in [9.17, 15) is 14.4 Å². The normalized spacial score (nSPS) is 16.4. The molecule has 0 N–H and O–H groups in total. The zero-order chi connectivity index (χ0) is 24.7. The number of anilines is 1. The molecule has 2 fully saturated rings. The molecular weight excluding hydrogens is 509 g/mol. The summed E-state index contributed by atoms with van der Waals surface area (Å²) in [7, 11) is 0. The molecule has 1 aromatic carbocycles. The van der Waals surface area contributed by atoms with Crippen LogP contribution in [0.25, 0.3) is 10.2 Å². The number of fused-ring (bicyclic) bond motifs is 1. The van der Waals surface area contributed by atoms with E-state index in [1.165, 1.54) is 22.2 Å². The van der Waals surface area contributed by atoms with Gasteiger partial charge in [0.2, 0.25) is 5.91 Å². The van der Waals surface area contributed by atoms with E-state index >= 15 is 0 Å². The maximum atomic E-state index is 13.4. The summed E-state index contributed by atoms with van der Waals surface area (Å²) in [5, 5.41) is 1.44. The van der Waals surface area contributed by atoms with Crippen LogP contribution in [0.1, 0.15) is 28.1 Å². The van der Waals surface area contributed by atoms with Crippen LogP contribution in [0.5, 0.6) is 0 Å². The number of hydrogen-bond acceptors (Lipinski definition) is 6. The van der Waals surface area contributed by atoms with Crippen LogP contribution in [0.4, 0.5) is 5.69 Å². The molecule has 0 saturated carbocycles. The first-order valence-corrected chi connectivity index (χ1v) is 13.2. The van der Waals surface area contributed by atoms with E-state index in [-0.39, 0.29) is 23.9 Å². The van der Waals surface area contributed by atoms with E-state index in [1.54, 1.807) is 22.8 Å². The summed E-state index contributed by atoms with van der Waals surface area (Å²) in [5.74, 6) is -0.173. The first-order chi connectivity index (χ1) is 16.8. The molecule has 2 aliphatic rings. The van der Waals surface area contributed by atoms with Gasteiger partial charge in [0, 0.05) is 45.0 Å². The fourth-order valence-corrected chi connectivity index (χ4v) is 6.08. The second kappa shape index (κ2) is 9.79. The number of carbonyl (C=O) groups excluding carboxylic acids is 2. The number of piperazine rings is 1. The van der Waals surface area contributed by atoms with Crippen LogP contribution in [-0.2, 0) is 11.3 Å². The Morgan fingerprint density at radius 3 is 2.40 bits per heavy atom. The third-order valence-corrected chi connectivity index (χ3v) is 8.64. The van der Waals surface area contributed by atoms with Gasteiger partial charge in [-0.3, -0.25) is 19.0 Å². The standard InChI is InChI=1S/C24H25Cl2N5O3S/c1-15-20-22(27-14-31(23(20)33)13-19(32)29-6-2-3-7-29)35-21(15)24(34)30-10-8-28(9-11-30)16-4-5-17(25)18(26)12-16/h4-5,12,14H,2-3,6-11,13H2,1H3. The fourth-order valence-electron chi connectivity index (χ4n) is 4.68. The predicted molar refractivity (Wildman–Crippen MR) is 139 cm³/mol. The molecule has 0 bridgehead atoms. The summed E-state index contributed by atoms with van der Waals surface area (Å²) in [6.07, 6.45) is 3.41. The van der Waals surface area contributed by atoms with Crippen molar-refractivity contribution in [3.8, 4) is 0 Å². The summed E-state index contributed by atoms with van der Waals surface area (Å²) in [4.78, 5) is 50.3. The lowest BCUT2D eigenvalue weighted by atomic mass is 10.2. The number of hydrogen-bond donors (Lipinski definition) is 0. The van der Waals surface area contributed by atoms with Crippen molar-refractivity contribution in [3.63, 3.8) is 0 Å². The third-order valence-electron chi connectivity index (χ3n) is 6.71. The van der Waals surface area contributed by atoms with Gasteiger partial charge in [0.1, 0.15) is 11.4 Å². The number of likely N-dealkylation sites (tertiary alicyclic amines) is 1. The number of aromatic nitrogens is 2. The van der Waals surface area contributed by atoms with Gasteiger partial charge in [-0.1, -0.05) is 23.2 Å². The minimum atomic E-state index is -0.278. The molecule has 2 aliphatic heterocycles. The lowest BCUT2D eigenvalue weighted by molar-refractivity contribution is -0.130. The highest BCUT2D eigenvalue weighted by Gasteiger charge is 2.27. The molecule has 0 unspecified atom stereocenters. The topological polar surface area (TPSA) is 78.8 Å². The van der Waals surface area contributed by atoms with Gasteiger partial charge < -0.3 is 14.7 Å². The molecule has 184 valence electrons. The van der Waals surface area contributed by atoms with Gasteiger partial charge in [0.25, 0.3) is 11.5 Å². The van der Waals surface area contributed by atoms with Gasteiger partial charge in [-0.2, -0.15) is 0 Å². The van der Waals surface area contributed by atoms with Crippen LogP contribution in [0, 0.1) is 6.92 Å². The lowest BCUT2D eigenvalue weighted by Gasteiger charge is -2.36. The maximum Gasteiger partial charge on any atom is 0.264 e. The largest absolute Gasteiger partial charge is 0.368 e. The number of aryl methyl sites for hydroxylation is 1. The minimum Gasteiger partial charge on any atom is -0.368 e. The number of halogens is 2. The second-order valence-corrected chi connectivity index (χ2v) is 10.7. The summed E-state index contributed by atoms with van der Waals surface area (Å²) in [5.41, 5.74) is 1.32. The van der Waals surface area contributed by atoms with Crippen molar-refractivity contribution in [1.82, 2.24) is 19.4 Å². The Hall–Kier alpha value is -2.62. The van der Waals surface area contributed by atoms with E-state index in [0.717, 1.165) is 31.6 Å². The van der Waals surface area contributed by atoms with Gasteiger partial charge in [-0.15, -0.1) is 11.3 Å². The SMILES string of the molecule is Cc1c(C(=O)N2CCN(c3ccc(Cl)c(Cl)c3)CC2)sc2ncn(CC(=O)N3CCCC3)c(=O)c12. The van der Waals surface area contributed by atoms with Crippen molar-refractivity contribution >= 4 is 62.3 Å². The van der Waals surface area contributed by atoms with Crippen molar-refractivity contribution < 1.29 is 9.59 Å². The number of amides is 2. The maximum absolute atomic E-state index is 13.4. The molecule has 11 heteroatoms. The van der Waals surface area contributed by atoms with E-state index < -0.39 is 0 Å². The average Bonchev–Trinajstić information content (AvgIpc) is 3.51. The Balaban J connectivity index is 1.32. The highest BCUT2D eigenvalue weighted by molar-refractivity contribution is 7.20. The quantitative estimate of drug-likeness (QED) is 0.511. The lowest BCUT2D eigenvalue weighted by Crippen LogP contribution is -2.48. The van der Waals surface area contributed by atoms with Crippen LogP contribution in [0.2, 0.25) is 10.0 Å². The molecule has 35 heavy (non-hydrogen) atoms. The van der Waals surface area contributed by atoms with Gasteiger partial charge in [-0.05, 0) is 43.5 Å². The monoisotopic (exact) mass is 533 g/mol. The van der Waals surface area contributed by atoms with Crippen molar-refractivity contribution in [1.29, 1.82) is 0 Å².